The van der Waals surface area contributed by atoms with Crippen LogP contribution in [0, 0.1) is 5.92 Å². The van der Waals surface area contributed by atoms with Crippen molar-refractivity contribution in [3.8, 4) is 0 Å². The lowest BCUT2D eigenvalue weighted by molar-refractivity contribution is 0.0733. The molecule has 1 saturated heterocycles. The number of hydrogen-bond acceptors (Lipinski definition) is 3. The number of nitrogens with two attached hydrogens (primary N) is 1. The zero-order chi connectivity index (χ0) is 12.7. The van der Waals surface area contributed by atoms with E-state index in [1.165, 1.54) is 30.6 Å². The van der Waals surface area contributed by atoms with Gasteiger partial charge in [-0.05, 0) is 49.2 Å². The summed E-state index contributed by atoms with van der Waals surface area (Å²) in [5.74, 6) is 0.760. The van der Waals surface area contributed by atoms with E-state index in [2.05, 4.69) is 35.9 Å². The molecule has 0 aliphatic carbocycles. The molecule has 0 aromatic heterocycles. The van der Waals surface area contributed by atoms with Gasteiger partial charge in [-0.2, -0.15) is 0 Å². The van der Waals surface area contributed by atoms with Crippen LogP contribution in [0.1, 0.15) is 24.5 Å². The molecule has 0 spiro atoms. The molecule has 1 aromatic rings. The van der Waals surface area contributed by atoms with E-state index in [0.29, 0.717) is 0 Å². The Morgan fingerprint density at radius 2 is 2.00 bits per heavy atom. The molecule has 0 saturated carbocycles. The van der Waals surface area contributed by atoms with Crippen LogP contribution >= 0.6 is 0 Å². The second-order valence-corrected chi connectivity index (χ2v) is 6.03. The van der Waals surface area contributed by atoms with Gasteiger partial charge in [-0.1, -0.05) is 13.0 Å². The molecule has 0 amide bonds. The molecule has 2 aliphatic rings. The molecule has 3 nitrogen and oxygen atoms in total. The molecule has 0 radical (unpaired) electrons. The van der Waals surface area contributed by atoms with Crippen LogP contribution < -0.4 is 5.73 Å². The lowest BCUT2D eigenvalue weighted by Gasteiger charge is -2.39. The van der Waals surface area contributed by atoms with E-state index in [4.69, 9.17) is 5.73 Å². The van der Waals surface area contributed by atoms with E-state index in [9.17, 15) is 0 Å². The molecular formula is C15H23N3. The highest BCUT2D eigenvalue weighted by Gasteiger charge is 2.32. The van der Waals surface area contributed by atoms with E-state index in [1.807, 2.05) is 6.07 Å². The summed E-state index contributed by atoms with van der Waals surface area (Å²) in [4.78, 5) is 5.09. The van der Waals surface area contributed by atoms with Crippen LogP contribution in [0.2, 0.25) is 0 Å². The second kappa shape index (κ2) is 4.56. The van der Waals surface area contributed by atoms with Gasteiger partial charge in [0, 0.05) is 31.4 Å². The minimum absolute atomic E-state index is 0.731. The van der Waals surface area contributed by atoms with Crippen LogP contribution in [0.15, 0.2) is 18.2 Å². The van der Waals surface area contributed by atoms with Crippen molar-refractivity contribution in [2.45, 2.75) is 32.5 Å². The minimum atomic E-state index is 0.731. The van der Waals surface area contributed by atoms with Crippen LogP contribution in [0.3, 0.4) is 0 Å². The number of nitrogen functional groups attached to an aromatic ring is 1. The Hall–Kier alpha value is -1.06. The van der Waals surface area contributed by atoms with E-state index in [1.54, 1.807) is 0 Å². The van der Waals surface area contributed by atoms with E-state index in [-0.39, 0.29) is 0 Å². The number of anilines is 1. The van der Waals surface area contributed by atoms with Gasteiger partial charge in [-0.15, -0.1) is 0 Å². The Kier molecular flexibility index (Phi) is 3.04. The van der Waals surface area contributed by atoms with Crippen LogP contribution in [0.4, 0.5) is 5.69 Å². The number of hydrogen-bond donors (Lipinski definition) is 1. The van der Waals surface area contributed by atoms with Gasteiger partial charge in [0.1, 0.15) is 0 Å². The van der Waals surface area contributed by atoms with Crippen LogP contribution in [0.25, 0.3) is 0 Å². The van der Waals surface area contributed by atoms with Gasteiger partial charge >= 0.3 is 0 Å². The summed E-state index contributed by atoms with van der Waals surface area (Å²) in [7, 11) is 2.23. The highest BCUT2D eigenvalue weighted by molar-refractivity contribution is 5.46. The van der Waals surface area contributed by atoms with Crippen molar-refractivity contribution in [3.05, 3.63) is 29.3 Å². The van der Waals surface area contributed by atoms with Gasteiger partial charge < -0.3 is 10.6 Å². The molecule has 2 aliphatic heterocycles. The number of fused-ring (bicyclic) bond motifs is 1. The molecule has 18 heavy (non-hydrogen) atoms. The lowest BCUT2D eigenvalue weighted by Crippen LogP contribution is -2.47. The quantitative estimate of drug-likeness (QED) is 0.767. The van der Waals surface area contributed by atoms with Crippen molar-refractivity contribution in [3.63, 3.8) is 0 Å². The first kappa shape index (κ1) is 12.0. The monoisotopic (exact) mass is 245 g/mol. The molecule has 2 unspecified atom stereocenters. The maximum Gasteiger partial charge on any atom is 0.0317 e. The van der Waals surface area contributed by atoms with E-state index >= 15 is 0 Å². The first-order valence-corrected chi connectivity index (χ1v) is 6.93. The second-order valence-electron chi connectivity index (χ2n) is 6.03. The Balaban J connectivity index is 1.73. The smallest absolute Gasteiger partial charge is 0.0317 e. The molecule has 2 N–H and O–H groups in total. The summed E-state index contributed by atoms with van der Waals surface area (Å²) in [6, 6.07) is 7.11. The minimum Gasteiger partial charge on any atom is -0.399 e. The predicted molar refractivity (Wildman–Crippen MR) is 75.2 cm³/mol. The van der Waals surface area contributed by atoms with Crippen molar-refractivity contribution < 1.29 is 0 Å². The van der Waals surface area contributed by atoms with Crippen LogP contribution in [-0.2, 0) is 13.1 Å². The topological polar surface area (TPSA) is 32.5 Å². The molecule has 0 bridgehead atoms. The fourth-order valence-corrected chi connectivity index (χ4v) is 3.56. The molecular weight excluding hydrogens is 222 g/mol. The Morgan fingerprint density at radius 1 is 1.22 bits per heavy atom. The summed E-state index contributed by atoms with van der Waals surface area (Å²) in [6.07, 6.45) is 1.29. The van der Waals surface area contributed by atoms with Crippen molar-refractivity contribution >= 4 is 5.69 Å². The summed E-state index contributed by atoms with van der Waals surface area (Å²) in [5.41, 5.74) is 9.67. The van der Waals surface area contributed by atoms with Gasteiger partial charge in [0.25, 0.3) is 0 Å². The van der Waals surface area contributed by atoms with Crippen LogP contribution in [-0.4, -0.2) is 36.0 Å². The number of piperidine rings is 1. The first-order chi connectivity index (χ1) is 8.63. The number of benzene rings is 1. The fourth-order valence-electron chi connectivity index (χ4n) is 3.56. The highest BCUT2D eigenvalue weighted by Crippen LogP contribution is 2.31. The largest absolute Gasteiger partial charge is 0.399 e. The maximum absolute atomic E-state index is 5.88. The van der Waals surface area contributed by atoms with E-state index < -0.39 is 0 Å². The predicted octanol–water partition coefficient (Wildman–Crippen LogP) is 1.92. The first-order valence-electron chi connectivity index (χ1n) is 6.93. The van der Waals surface area contributed by atoms with Gasteiger partial charge in [0.15, 0.2) is 0 Å². The summed E-state index contributed by atoms with van der Waals surface area (Å²) in [5, 5.41) is 0. The van der Waals surface area contributed by atoms with Gasteiger partial charge in [0.05, 0.1) is 0 Å². The van der Waals surface area contributed by atoms with E-state index in [0.717, 1.165) is 30.7 Å². The highest BCUT2D eigenvalue weighted by atomic mass is 15.2. The standard InChI is InChI=1S/C15H23N3/c1-11-8-17(2)6-5-15(11)18-9-12-3-4-14(16)7-13(12)10-18/h3-4,7,11,15H,5-6,8-10,16H2,1-2H3. The number of likely N-dealkylation sites (tertiary alicyclic amines) is 1. The summed E-state index contributed by atoms with van der Waals surface area (Å²) < 4.78 is 0. The fraction of sp³-hybridized carbons (Fsp3) is 0.600. The lowest BCUT2D eigenvalue weighted by atomic mass is 9.93. The van der Waals surface area contributed by atoms with Crippen molar-refractivity contribution in [1.82, 2.24) is 9.80 Å². The average Bonchev–Trinajstić information content (AvgIpc) is 2.71. The Bertz CT molecular complexity index is 443. The number of rotatable bonds is 1. The number of nitrogens with zero attached hydrogens (tertiary/aromatic N) is 2. The molecule has 3 heteroatoms. The normalized spacial score (nSPS) is 29.4. The molecule has 98 valence electrons. The third-order valence-electron chi connectivity index (χ3n) is 4.51. The third-order valence-corrected chi connectivity index (χ3v) is 4.51. The SMILES string of the molecule is CC1CN(C)CCC1N1Cc2ccc(N)cc2C1. The molecule has 3 rings (SSSR count). The average molecular weight is 245 g/mol. The summed E-state index contributed by atoms with van der Waals surface area (Å²) in [6.45, 7) is 7.02. The molecule has 1 aromatic carbocycles. The van der Waals surface area contributed by atoms with Gasteiger partial charge in [0.2, 0.25) is 0 Å². The van der Waals surface area contributed by atoms with Gasteiger partial charge in [-0.25, -0.2) is 0 Å². The third kappa shape index (κ3) is 2.13. The van der Waals surface area contributed by atoms with Crippen molar-refractivity contribution in [1.29, 1.82) is 0 Å². The zero-order valence-electron chi connectivity index (χ0n) is 11.4. The summed E-state index contributed by atoms with van der Waals surface area (Å²) >= 11 is 0. The molecule has 1 fully saturated rings. The van der Waals surface area contributed by atoms with Crippen molar-refractivity contribution in [2.24, 2.45) is 5.92 Å². The molecule has 2 heterocycles. The maximum atomic E-state index is 5.88. The zero-order valence-corrected chi connectivity index (χ0v) is 11.4. The molecule has 2 atom stereocenters. The van der Waals surface area contributed by atoms with Gasteiger partial charge in [-0.3, -0.25) is 4.90 Å². The van der Waals surface area contributed by atoms with Crippen LogP contribution in [0.5, 0.6) is 0 Å². The van der Waals surface area contributed by atoms with Crippen molar-refractivity contribution in [2.75, 3.05) is 25.9 Å². The Morgan fingerprint density at radius 3 is 2.78 bits per heavy atom. The Labute approximate surface area is 110 Å².